The highest BCUT2D eigenvalue weighted by Crippen LogP contribution is 2.27. The van der Waals surface area contributed by atoms with Crippen LogP contribution in [0.15, 0.2) is 77.9 Å². The molecule has 0 radical (unpaired) electrons. The molecule has 7 nitrogen and oxygen atoms in total. The Hall–Kier alpha value is -3.97. The van der Waals surface area contributed by atoms with Gasteiger partial charge < -0.3 is 4.57 Å². The highest BCUT2D eigenvalue weighted by atomic mass is 35.5. The van der Waals surface area contributed by atoms with Gasteiger partial charge in [0.25, 0.3) is 11.6 Å². The molecule has 0 atom stereocenters. The van der Waals surface area contributed by atoms with Crippen molar-refractivity contribution in [1.82, 2.24) is 9.99 Å². The van der Waals surface area contributed by atoms with E-state index in [9.17, 15) is 14.9 Å². The van der Waals surface area contributed by atoms with E-state index in [-0.39, 0.29) is 11.3 Å². The lowest BCUT2D eigenvalue weighted by molar-refractivity contribution is -0.385. The molecular formula is C24H19ClN4O3. The standard InChI is InChI=1S/C24H19ClN4O3/c1-16-20(14-26-27-24(30)19-10-4-7-13-23(19)29(31)32)18-9-3-6-12-22(18)28(16)15-17-8-2-5-11-21(17)25/h2-14H,15H2,1H3,(H,27,30)/b26-14-. The molecule has 0 unspecified atom stereocenters. The molecule has 0 aliphatic heterocycles. The summed E-state index contributed by atoms with van der Waals surface area (Å²) in [7, 11) is 0. The van der Waals surface area contributed by atoms with Crippen molar-refractivity contribution < 1.29 is 9.72 Å². The fourth-order valence-electron chi connectivity index (χ4n) is 3.66. The lowest BCUT2D eigenvalue weighted by Gasteiger charge is -2.10. The number of carbonyl (C=O) groups is 1. The minimum Gasteiger partial charge on any atom is -0.340 e. The molecule has 0 aliphatic rings. The zero-order valence-corrected chi connectivity index (χ0v) is 17.9. The average molecular weight is 447 g/mol. The number of amides is 1. The molecule has 4 rings (SSSR count). The first-order valence-electron chi connectivity index (χ1n) is 9.85. The van der Waals surface area contributed by atoms with Crippen LogP contribution in [0.4, 0.5) is 5.69 Å². The maximum atomic E-state index is 12.4. The number of para-hydroxylation sites is 2. The predicted molar refractivity (Wildman–Crippen MR) is 125 cm³/mol. The Balaban J connectivity index is 1.65. The maximum absolute atomic E-state index is 12.4. The molecule has 0 saturated heterocycles. The normalized spacial score (nSPS) is 11.2. The van der Waals surface area contributed by atoms with Crippen molar-refractivity contribution in [3.63, 3.8) is 0 Å². The number of nitrogens with one attached hydrogen (secondary N) is 1. The quantitative estimate of drug-likeness (QED) is 0.247. The maximum Gasteiger partial charge on any atom is 0.282 e. The summed E-state index contributed by atoms with van der Waals surface area (Å²) in [6.07, 6.45) is 1.56. The number of fused-ring (bicyclic) bond motifs is 1. The smallest absolute Gasteiger partial charge is 0.282 e. The van der Waals surface area contributed by atoms with Crippen molar-refractivity contribution in [2.45, 2.75) is 13.5 Å². The number of nitrogens with zero attached hydrogens (tertiary/aromatic N) is 3. The van der Waals surface area contributed by atoms with Crippen molar-refractivity contribution in [2.24, 2.45) is 5.10 Å². The van der Waals surface area contributed by atoms with Gasteiger partial charge in [-0.05, 0) is 30.7 Å². The van der Waals surface area contributed by atoms with Crippen molar-refractivity contribution in [3.05, 3.63) is 110 Å². The van der Waals surface area contributed by atoms with Crippen LogP contribution in [-0.4, -0.2) is 21.6 Å². The number of halogens is 1. The zero-order chi connectivity index (χ0) is 22.7. The Morgan fingerprint density at radius 3 is 2.56 bits per heavy atom. The van der Waals surface area contributed by atoms with E-state index in [4.69, 9.17) is 11.6 Å². The van der Waals surface area contributed by atoms with Crippen LogP contribution in [-0.2, 0) is 6.54 Å². The molecule has 0 aliphatic carbocycles. The first-order chi connectivity index (χ1) is 15.5. The number of nitro groups is 1. The van der Waals surface area contributed by atoms with Crippen LogP contribution in [0.1, 0.15) is 27.2 Å². The molecule has 1 N–H and O–H groups in total. The summed E-state index contributed by atoms with van der Waals surface area (Å²) in [4.78, 5) is 23.0. The van der Waals surface area contributed by atoms with Crippen LogP contribution in [0.5, 0.6) is 0 Å². The molecule has 1 amide bonds. The molecule has 4 aromatic rings. The first-order valence-corrected chi connectivity index (χ1v) is 10.2. The summed E-state index contributed by atoms with van der Waals surface area (Å²) in [5.41, 5.74) is 5.88. The van der Waals surface area contributed by atoms with Crippen molar-refractivity contribution in [3.8, 4) is 0 Å². The molecule has 1 heterocycles. The average Bonchev–Trinajstić information content (AvgIpc) is 3.06. The molecule has 0 spiro atoms. The van der Waals surface area contributed by atoms with Gasteiger partial charge in [0.1, 0.15) is 5.56 Å². The summed E-state index contributed by atoms with van der Waals surface area (Å²) in [6, 6.07) is 21.3. The van der Waals surface area contributed by atoms with Gasteiger partial charge >= 0.3 is 0 Å². The number of aromatic nitrogens is 1. The van der Waals surface area contributed by atoms with Crippen LogP contribution in [0.3, 0.4) is 0 Å². The minimum absolute atomic E-state index is 0.0486. The third-order valence-corrected chi connectivity index (χ3v) is 5.64. The fourth-order valence-corrected chi connectivity index (χ4v) is 3.86. The van der Waals surface area contributed by atoms with E-state index >= 15 is 0 Å². The number of rotatable bonds is 6. The molecule has 1 aromatic heterocycles. The third-order valence-electron chi connectivity index (χ3n) is 5.27. The summed E-state index contributed by atoms with van der Waals surface area (Å²) < 4.78 is 2.14. The Morgan fingerprint density at radius 2 is 1.78 bits per heavy atom. The molecule has 32 heavy (non-hydrogen) atoms. The second-order valence-corrected chi connectivity index (χ2v) is 7.57. The van der Waals surface area contributed by atoms with Gasteiger partial charge in [0, 0.05) is 39.8 Å². The SMILES string of the molecule is Cc1c(/C=N\NC(=O)c2ccccc2[N+](=O)[O-])c2ccccc2n1Cc1ccccc1Cl. The fraction of sp³-hybridized carbons (Fsp3) is 0.0833. The van der Waals surface area contributed by atoms with Crippen LogP contribution in [0.2, 0.25) is 5.02 Å². The number of carbonyl (C=O) groups excluding carboxylic acids is 1. The predicted octanol–water partition coefficient (Wildman–Crippen LogP) is 5.32. The van der Waals surface area contributed by atoms with E-state index in [2.05, 4.69) is 15.1 Å². The molecule has 0 saturated carbocycles. The number of nitro benzene ring substituents is 1. The van der Waals surface area contributed by atoms with Gasteiger partial charge in [-0.2, -0.15) is 5.10 Å². The van der Waals surface area contributed by atoms with Crippen LogP contribution >= 0.6 is 11.6 Å². The van der Waals surface area contributed by atoms with Crippen molar-refractivity contribution >= 4 is 40.3 Å². The van der Waals surface area contributed by atoms with Gasteiger partial charge in [0.2, 0.25) is 0 Å². The summed E-state index contributed by atoms with van der Waals surface area (Å²) >= 11 is 6.36. The molecular weight excluding hydrogens is 428 g/mol. The zero-order valence-electron chi connectivity index (χ0n) is 17.2. The summed E-state index contributed by atoms with van der Waals surface area (Å²) in [6.45, 7) is 2.56. The first kappa shape index (κ1) is 21.3. The lowest BCUT2D eigenvalue weighted by atomic mass is 10.1. The van der Waals surface area contributed by atoms with Crippen LogP contribution in [0.25, 0.3) is 10.9 Å². The molecule has 0 fully saturated rings. The second-order valence-electron chi connectivity index (χ2n) is 7.17. The largest absolute Gasteiger partial charge is 0.340 e. The van der Waals surface area contributed by atoms with Crippen LogP contribution < -0.4 is 5.43 Å². The van der Waals surface area contributed by atoms with Gasteiger partial charge in [0.05, 0.1) is 11.1 Å². The van der Waals surface area contributed by atoms with Gasteiger partial charge in [-0.25, -0.2) is 5.43 Å². The highest BCUT2D eigenvalue weighted by Gasteiger charge is 2.19. The van der Waals surface area contributed by atoms with E-state index in [1.807, 2.05) is 55.5 Å². The number of hydrogen-bond acceptors (Lipinski definition) is 4. The molecule has 0 bridgehead atoms. The number of hydrogen-bond donors (Lipinski definition) is 1. The van der Waals surface area contributed by atoms with E-state index < -0.39 is 10.8 Å². The highest BCUT2D eigenvalue weighted by molar-refractivity contribution is 6.31. The second kappa shape index (κ2) is 9.03. The van der Waals surface area contributed by atoms with Gasteiger partial charge in [-0.3, -0.25) is 14.9 Å². The lowest BCUT2D eigenvalue weighted by Crippen LogP contribution is -2.19. The summed E-state index contributed by atoms with van der Waals surface area (Å²) in [5.74, 6) is -0.647. The van der Waals surface area contributed by atoms with Gasteiger partial charge in [0.15, 0.2) is 0 Å². The Morgan fingerprint density at radius 1 is 1.09 bits per heavy atom. The van der Waals surface area contributed by atoms with Gasteiger partial charge in [-0.15, -0.1) is 0 Å². The monoisotopic (exact) mass is 446 g/mol. The van der Waals surface area contributed by atoms with E-state index in [1.165, 1.54) is 18.2 Å². The van der Waals surface area contributed by atoms with E-state index in [1.54, 1.807) is 12.3 Å². The molecule has 160 valence electrons. The third kappa shape index (κ3) is 4.10. The molecule has 3 aromatic carbocycles. The van der Waals surface area contributed by atoms with Crippen molar-refractivity contribution in [1.29, 1.82) is 0 Å². The topological polar surface area (TPSA) is 89.5 Å². The Bertz CT molecular complexity index is 1360. The van der Waals surface area contributed by atoms with E-state index in [0.717, 1.165) is 27.7 Å². The Kier molecular flexibility index (Phi) is 6.00. The van der Waals surface area contributed by atoms with Crippen LogP contribution in [0, 0.1) is 17.0 Å². The minimum atomic E-state index is -0.647. The van der Waals surface area contributed by atoms with Crippen molar-refractivity contribution in [2.75, 3.05) is 0 Å². The van der Waals surface area contributed by atoms with Gasteiger partial charge in [-0.1, -0.05) is 60.1 Å². The number of benzene rings is 3. The number of hydrazone groups is 1. The van der Waals surface area contributed by atoms with E-state index in [0.29, 0.717) is 11.6 Å². The summed E-state index contributed by atoms with van der Waals surface area (Å²) in [5, 5.41) is 16.9. The Labute approximate surface area is 189 Å². The molecule has 8 heteroatoms.